The van der Waals surface area contributed by atoms with Gasteiger partial charge in [0.05, 0.1) is 23.7 Å². The van der Waals surface area contributed by atoms with Crippen molar-refractivity contribution < 1.29 is 8.95 Å². The summed E-state index contributed by atoms with van der Waals surface area (Å²) in [6.45, 7) is 1.91. The molecule has 0 heterocycles. The first kappa shape index (κ1) is 15.1. The van der Waals surface area contributed by atoms with Crippen molar-refractivity contribution in [1.29, 1.82) is 0 Å². The molecule has 2 aromatic rings. The Morgan fingerprint density at radius 3 is 2.65 bits per heavy atom. The third-order valence-electron chi connectivity index (χ3n) is 3.03. The normalized spacial score (nSPS) is 12.2. The first-order valence-electron chi connectivity index (χ1n) is 6.08. The minimum absolute atomic E-state index is 0.409. The van der Waals surface area contributed by atoms with E-state index in [1.165, 1.54) is 0 Å². The minimum atomic E-state index is -1.13. The van der Waals surface area contributed by atoms with E-state index in [2.05, 4.69) is 15.9 Å². The molecule has 2 aromatic carbocycles. The molecule has 0 aliphatic carbocycles. The van der Waals surface area contributed by atoms with Gasteiger partial charge in [-0.25, -0.2) is 0 Å². The molecule has 0 saturated carbocycles. The fourth-order valence-corrected chi connectivity index (χ4v) is 3.49. The van der Waals surface area contributed by atoms with Gasteiger partial charge < -0.3 is 10.5 Å². The Bertz CT molecular complexity index is 658. The van der Waals surface area contributed by atoms with Crippen LogP contribution in [0.1, 0.15) is 11.1 Å². The molecule has 0 aromatic heterocycles. The summed E-state index contributed by atoms with van der Waals surface area (Å²) in [5, 5.41) is 0. The first-order chi connectivity index (χ1) is 9.51. The third kappa shape index (κ3) is 3.41. The van der Waals surface area contributed by atoms with Gasteiger partial charge in [-0.3, -0.25) is 4.21 Å². The lowest BCUT2D eigenvalue weighted by molar-refractivity contribution is 0.411. The molecule has 3 nitrogen and oxygen atoms in total. The number of benzene rings is 2. The molecule has 1 unspecified atom stereocenters. The monoisotopic (exact) mass is 353 g/mol. The zero-order valence-electron chi connectivity index (χ0n) is 11.4. The highest BCUT2D eigenvalue weighted by Gasteiger charge is 2.11. The van der Waals surface area contributed by atoms with Crippen molar-refractivity contribution in [3.63, 3.8) is 0 Å². The summed E-state index contributed by atoms with van der Waals surface area (Å²) in [4.78, 5) is 0.777. The van der Waals surface area contributed by atoms with Gasteiger partial charge in [0, 0.05) is 20.6 Å². The summed E-state index contributed by atoms with van der Waals surface area (Å²) in [7, 11) is 0.485. The van der Waals surface area contributed by atoms with Crippen molar-refractivity contribution in [3.05, 3.63) is 52.0 Å². The Labute approximate surface area is 129 Å². The van der Waals surface area contributed by atoms with E-state index in [4.69, 9.17) is 10.5 Å². The number of halogens is 1. The number of anilines is 1. The Balaban J connectivity index is 2.27. The quantitative estimate of drug-likeness (QED) is 0.853. The van der Waals surface area contributed by atoms with Crippen molar-refractivity contribution in [3.8, 4) is 5.75 Å². The van der Waals surface area contributed by atoms with E-state index in [1.807, 2.05) is 37.3 Å². The van der Waals surface area contributed by atoms with Gasteiger partial charge in [0.2, 0.25) is 0 Å². The van der Waals surface area contributed by atoms with Crippen LogP contribution in [-0.4, -0.2) is 11.3 Å². The maximum absolute atomic E-state index is 12.5. The molecule has 106 valence electrons. The fraction of sp³-hybridized carbons (Fsp3) is 0.200. The molecule has 2 rings (SSSR count). The molecular weight excluding hydrogens is 338 g/mol. The van der Waals surface area contributed by atoms with Gasteiger partial charge in [-0.2, -0.15) is 0 Å². The molecule has 20 heavy (non-hydrogen) atoms. The Kier molecular flexibility index (Phi) is 4.83. The van der Waals surface area contributed by atoms with Gasteiger partial charge >= 0.3 is 0 Å². The molecule has 0 bridgehead atoms. The summed E-state index contributed by atoms with van der Waals surface area (Å²) >= 11 is 3.42. The van der Waals surface area contributed by atoms with Crippen molar-refractivity contribution in [2.75, 3.05) is 12.8 Å². The highest BCUT2D eigenvalue weighted by molar-refractivity contribution is 9.10. The number of hydrogen-bond donors (Lipinski definition) is 1. The average molecular weight is 354 g/mol. The van der Waals surface area contributed by atoms with E-state index < -0.39 is 10.8 Å². The van der Waals surface area contributed by atoms with Crippen LogP contribution in [0.25, 0.3) is 0 Å². The molecule has 2 N–H and O–H groups in total. The number of hydrogen-bond acceptors (Lipinski definition) is 3. The van der Waals surface area contributed by atoms with Crippen molar-refractivity contribution >= 4 is 32.4 Å². The first-order valence-corrected chi connectivity index (χ1v) is 8.19. The van der Waals surface area contributed by atoms with Crippen LogP contribution in [0.5, 0.6) is 5.75 Å². The second-order valence-electron chi connectivity index (χ2n) is 4.46. The smallest absolute Gasteiger partial charge is 0.123 e. The average Bonchev–Trinajstić information content (AvgIpc) is 2.42. The molecule has 0 aliphatic heterocycles. The molecule has 0 aliphatic rings. The lowest BCUT2D eigenvalue weighted by Crippen LogP contribution is -2.00. The lowest BCUT2D eigenvalue weighted by Gasteiger charge is -2.10. The highest BCUT2D eigenvalue weighted by atomic mass is 79.9. The summed E-state index contributed by atoms with van der Waals surface area (Å²) in [6.07, 6.45) is 0. The zero-order valence-corrected chi connectivity index (χ0v) is 13.8. The van der Waals surface area contributed by atoms with Crippen LogP contribution in [0.3, 0.4) is 0 Å². The second kappa shape index (κ2) is 6.41. The lowest BCUT2D eigenvalue weighted by atomic mass is 10.2. The fourth-order valence-electron chi connectivity index (χ4n) is 1.87. The minimum Gasteiger partial charge on any atom is -0.496 e. The van der Waals surface area contributed by atoms with E-state index >= 15 is 0 Å². The summed E-state index contributed by atoms with van der Waals surface area (Å²) < 4.78 is 18.7. The Hall–Kier alpha value is -1.33. The van der Waals surface area contributed by atoms with Gasteiger partial charge in [-0.05, 0) is 48.9 Å². The van der Waals surface area contributed by atoms with Gasteiger partial charge in [-0.15, -0.1) is 0 Å². The number of nitrogen functional groups attached to an aromatic ring is 1. The summed E-state index contributed by atoms with van der Waals surface area (Å²) in [5.41, 5.74) is 8.35. The molecule has 0 amide bonds. The largest absolute Gasteiger partial charge is 0.496 e. The molecule has 0 radical (unpaired) electrons. The summed E-state index contributed by atoms with van der Waals surface area (Å²) in [5.74, 6) is 1.15. The predicted molar refractivity (Wildman–Crippen MR) is 86.4 cm³/mol. The molecule has 1 atom stereocenters. The predicted octanol–water partition coefficient (Wildman–Crippen LogP) is 3.66. The van der Waals surface area contributed by atoms with Crippen molar-refractivity contribution in [2.24, 2.45) is 0 Å². The van der Waals surface area contributed by atoms with E-state index in [0.717, 1.165) is 26.2 Å². The topological polar surface area (TPSA) is 52.3 Å². The van der Waals surface area contributed by atoms with Crippen LogP contribution in [0.15, 0.2) is 45.8 Å². The second-order valence-corrected chi connectivity index (χ2v) is 6.83. The van der Waals surface area contributed by atoms with Crippen LogP contribution >= 0.6 is 15.9 Å². The summed E-state index contributed by atoms with van der Waals surface area (Å²) in [6, 6.07) is 11.2. The highest BCUT2D eigenvalue weighted by Crippen LogP contribution is 2.26. The van der Waals surface area contributed by atoms with Gasteiger partial charge in [0.25, 0.3) is 0 Å². The van der Waals surface area contributed by atoms with Crippen LogP contribution in [-0.2, 0) is 16.6 Å². The molecule has 5 heteroatoms. The molecule has 0 fully saturated rings. The van der Waals surface area contributed by atoms with Crippen LogP contribution in [0.4, 0.5) is 5.69 Å². The molecule has 0 spiro atoms. The van der Waals surface area contributed by atoms with Gasteiger partial charge in [0.1, 0.15) is 5.75 Å². The van der Waals surface area contributed by atoms with E-state index in [0.29, 0.717) is 11.4 Å². The van der Waals surface area contributed by atoms with Crippen LogP contribution < -0.4 is 10.5 Å². The molecular formula is C15H16BrNO2S. The standard InChI is InChI=1S/C15H16BrNO2S/c1-10-7-13(4-5-14(10)17)20(18)9-11-8-12(16)3-6-15(11)19-2/h3-8H,9,17H2,1-2H3. The van der Waals surface area contributed by atoms with Crippen molar-refractivity contribution in [1.82, 2.24) is 0 Å². The third-order valence-corrected chi connectivity index (χ3v) is 4.88. The van der Waals surface area contributed by atoms with Crippen molar-refractivity contribution in [2.45, 2.75) is 17.6 Å². The van der Waals surface area contributed by atoms with Crippen LogP contribution in [0.2, 0.25) is 0 Å². The zero-order chi connectivity index (χ0) is 14.7. The van der Waals surface area contributed by atoms with E-state index in [9.17, 15) is 4.21 Å². The van der Waals surface area contributed by atoms with E-state index in [-0.39, 0.29) is 0 Å². The number of methoxy groups -OCH3 is 1. The number of nitrogens with two attached hydrogens (primary N) is 1. The molecule has 0 saturated heterocycles. The van der Waals surface area contributed by atoms with Gasteiger partial charge in [-0.1, -0.05) is 15.9 Å². The van der Waals surface area contributed by atoms with E-state index in [1.54, 1.807) is 13.2 Å². The maximum Gasteiger partial charge on any atom is 0.123 e. The maximum atomic E-state index is 12.5. The van der Waals surface area contributed by atoms with Gasteiger partial charge in [0.15, 0.2) is 0 Å². The van der Waals surface area contributed by atoms with Crippen LogP contribution in [0, 0.1) is 6.92 Å². The number of aryl methyl sites for hydroxylation is 1. The Morgan fingerprint density at radius 2 is 2.00 bits per heavy atom. The Morgan fingerprint density at radius 1 is 1.25 bits per heavy atom. The number of rotatable bonds is 4. The number of ether oxygens (including phenoxy) is 1. The SMILES string of the molecule is COc1ccc(Br)cc1CS(=O)c1ccc(N)c(C)c1.